The third kappa shape index (κ3) is 3.17. The van der Waals surface area contributed by atoms with E-state index in [0.717, 1.165) is 43.7 Å². The fourth-order valence-corrected chi connectivity index (χ4v) is 3.08. The minimum absolute atomic E-state index is 0.683. The highest BCUT2D eigenvalue weighted by Crippen LogP contribution is 2.31. The number of hydrogen-bond acceptors (Lipinski definition) is 3. The van der Waals surface area contributed by atoms with Crippen molar-refractivity contribution in [3.63, 3.8) is 0 Å². The highest BCUT2D eigenvalue weighted by molar-refractivity contribution is 5.51. The molecule has 114 valence electrons. The summed E-state index contributed by atoms with van der Waals surface area (Å²) in [5, 5.41) is 8.20. The summed E-state index contributed by atoms with van der Waals surface area (Å²) in [6, 6.07) is 0. The van der Waals surface area contributed by atoms with Crippen LogP contribution >= 0.6 is 0 Å². The van der Waals surface area contributed by atoms with Crippen LogP contribution in [-0.4, -0.2) is 29.4 Å². The molecular formula is C16H30N4. The molecule has 0 aliphatic carbocycles. The second-order valence-electron chi connectivity index (χ2n) is 6.90. The SMILES string of the molecule is Cc1nn(C)c(N2CC(C)C(C)C2)c1CNCC(C)C. The van der Waals surface area contributed by atoms with Crippen LogP contribution in [0.3, 0.4) is 0 Å². The highest BCUT2D eigenvalue weighted by atomic mass is 15.4. The van der Waals surface area contributed by atoms with Gasteiger partial charge < -0.3 is 10.2 Å². The minimum atomic E-state index is 0.683. The summed E-state index contributed by atoms with van der Waals surface area (Å²) >= 11 is 0. The Morgan fingerprint density at radius 3 is 2.40 bits per heavy atom. The molecule has 0 saturated carbocycles. The lowest BCUT2D eigenvalue weighted by molar-refractivity contribution is 0.494. The molecule has 0 radical (unpaired) electrons. The summed E-state index contributed by atoms with van der Waals surface area (Å²) in [6.07, 6.45) is 0. The molecule has 0 amide bonds. The molecule has 0 spiro atoms. The molecule has 1 aliphatic rings. The molecule has 2 rings (SSSR count). The molecule has 1 fully saturated rings. The Bertz CT molecular complexity index is 440. The van der Waals surface area contributed by atoms with Crippen molar-refractivity contribution >= 4 is 5.82 Å². The van der Waals surface area contributed by atoms with Gasteiger partial charge in [-0.15, -0.1) is 0 Å². The summed E-state index contributed by atoms with van der Waals surface area (Å²) < 4.78 is 2.06. The number of rotatable bonds is 5. The van der Waals surface area contributed by atoms with Gasteiger partial charge in [0.05, 0.1) is 5.69 Å². The summed E-state index contributed by atoms with van der Waals surface area (Å²) in [7, 11) is 2.07. The van der Waals surface area contributed by atoms with Crippen LogP contribution in [0.1, 0.15) is 39.0 Å². The highest BCUT2D eigenvalue weighted by Gasteiger charge is 2.30. The van der Waals surface area contributed by atoms with Gasteiger partial charge in [-0.25, -0.2) is 0 Å². The third-order valence-electron chi connectivity index (χ3n) is 4.46. The topological polar surface area (TPSA) is 33.1 Å². The van der Waals surface area contributed by atoms with Crippen molar-refractivity contribution in [2.24, 2.45) is 24.8 Å². The van der Waals surface area contributed by atoms with E-state index in [9.17, 15) is 0 Å². The first-order chi connectivity index (χ1) is 9.40. The average Bonchev–Trinajstić information content (AvgIpc) is 2.80. The fourth-order valence-electron chi connectivity index (χ4n) is 3.08. The molecule has 1 saturated heterocycles. The fraction of sp³-hybridized carbons (Fsp3) is 0.812. The van der Waals surface area contributed by atoms with Gasteiger partial charge in [-0.1, -0.05) is 27.7 Å². The first kappa shape index (κ1) is 15.4. The molecule has 0 aromatic carbocycles. The molecule has 1 aromatic rings. The normalized spacial score (nSPS) is 23.1. The van der Waals surface area contributed by atoms with Crippen molar-refractivity contribution in [1.82, 2.24) is 15.1 Å². The van der Waals surface area contributed by atoms with Gasteiger partial charge in [-0.05, 0) is 31.2 Å². The zero-order chi connectivity index (χ0) is 14.9. The van der Waals surface area contributed by atoms with Gasteiger partial charge in [0.15, 0.2) is 0 Å². The number of aromatic nitrogens is 2. The molecule has 2 atom stereocenters. The Kier molecular flexibility index (Phi) is 4.74. The number of nitrogens with one attached hydrogen (secondary N) is 1. The van der Waals surface area contributed by atoms with E-state index >= 15 is 0 Å². The summed E-state index contributed by atoms with van der Waals surface area (Å²) in [5.74, 6) is 3.53. The van der Waals surface area contributed by atoms with Gasteiger partial charge in [0.2, 0.25) is 0 Å². The molecule has 20 heavy (non-hydrogen) atoms. The summed E-state index contributed by atoms with van der Waals surface area (Å²) in [5.41, 5.74) is 2.53. The van der Waals surface area contributed by atoms with E-state index in [-0.39, 0.29) is 0 Å². The van der Waals surface area contributed by atoms with Crippen molar-refractivity contribution in [1.29, 1.82) is 0 Å². The van der Waals surface area contributed by atoms with Crippen LogP contribution in [0.4, 0.5) is 5.82 Å². The van der Waals surface area contributed by atoms with Gasteiger partial charge in [-0.3, -0.25) is 4.68 Å². The molecule has 0 bridgehead atoms. The monoisotopic (exact) mass is 278 g/mol. The standard InChI is InChI=1S/C16H30N4/c1-11(2)7-17-8-15-14(5)18-19(6)16(15)20-9-12(3)13(4)10-20/h11-13,17H,7-10H2,1-6H3. The van der Waals surface area contributed by atoms with Crippen LogP contribution in [-0.2, 0) is 13.6 Å². The number of nitrogens with zero attached hydrogens (tertiary/aromatic N) is 3. The van der Waals surface area contributed by atoms with E-state index in [0.29, 0.717) is 5.92 Å². The van der Waals surface area contributed by atoms with Gasteiger partial charge in [0, 0.05) is 32.2 Å². The lowest BCUT2D eigenvalue weighted by Crippen LogP contribution is -2.26. The van der Waals surface area contributed by atoms with Crippen LogP contribution in [0, 0.1) is 24.7 Å². The predicted molar refractivity (Wildman–Crippen MR) is 85.0 cm³/mol. The number of aryl methyl sites for hydroxylation is 2. The molecule has 4 nitrogen and oxygen atoms in total. The van der Waals surface area contributed by atoms with E-state index in [1.54, 1.807) is 0 Å². The third-order valence-corrected chi connectivity index (χ3v) is 4.46. The maximum absolute atomic E-state index is 4.64. The lowest BCUT2D eigenvalue weighted by atomic mass is 10.0. The smallest absolute Gasteiger partial charge is 0.131 e. The predicted octanol–water partition coefficient (Wildman–Crippen LogP) is 2.57. The Morgan fingerprint density at radius 2 is 1.85 bits per heavy atom. The van der Waals surface area contributed by atoms with E-state index in [4.69, 9.17) is 0 Å². The summed E-state index contributed by atoms with van der Waals surface area (Å²) in [6.45, 7) is 15.6. The summed E-state index contributed by atoms with van der Waals surface area (Å²) in [4.78, 5) is 2.52. The van der Waals surface area contributed by atoms with Crippen LogP contribution in [0.15, 0.2) is 0 Å². The maximum Gasteiger partial charge on any atom is 0.131 e. The minimum Gasteiger partial charge on any atom is -0.356 e. The van der Waals surface area contributed by atoms with Gasteiger partial charge in [-0.2, -0.15) is 5.10 Å². The zero-order valence-electron chi connectivity index (χ0n) is 13.9. The second-order valence-corrected chi connectivity index (χ2v) is 6.90. The maximum atomic E-state index is 4.64. The largest absolute Gasteiger partial charge is 0.356 e. The van der Waals surface area contributed by atoms with Crippen LogP contribution in [0.5, 0.6) is 0 Å². The van der Waals surface area contributed by atoms with E-state index < -0.39 is 0 Å². The molecule has 1 N–H and O–H groups in total. The van der Waals surface area contributed by atoms with Crippen LogP contribution in [0.25, 0.3) is 0 Å². The average molecular weight is 278 g/mol. The Labute approximate surface area is 123 Å². The molecular weight excluding hydrogens is 248 g/mol. The lowest BCUT2D eigenvalue weighted by Gasteiger charge is -2.21. The van der Waals surface area contributed by atoms with Crippen molar-refractivity contribution in [3.05, 3.63) is 11.3 Å². The van der Waals surface area contributed by atoms with E-state index in [1.165, 1.54) is 11.4 Å². The molecule has 1 aliphatic heterocycles. The number of hydrogen-bond donors (Lipinski definition) is 1. The Morgan fingerprint density at radius 1 is 1.25 bits per heavy atom. The van der Waals surface area contributed by atoms with Crippen molar-refractivity contribution < 1.29 is 0 Å². The van der Waals surface area contributed by atoms with Crippen LogP contribution < -0.4 is 10.2 Å². The second kappa shape index (κ2) is 6.17. The molecule has 2 unspecified atom stereocenters. The zero-order valence-corrected chi connectivity index (χ0v) is 13.9. The molecule has 2 heterocycles. The Hall–Kier alpha value is -1.03. The van der Waals surface area contributed by atoms with Crippen LogP contribution in [0.2, 0.25) is 0 Å². The van der Waals surface area contributed by atoms with E-state index in [2.05, 4.69) is 61.7 Å². The molecule has 1 aromatic heterocycles. The van der Waals surface area contributed by atoms with Crippen molar-refractivity contribution in [2.45, 2.75) is 41.2 Å². The van der Waals surface area contributed by atoms with Gasteiger partial charge in [0.25, 0.3) is 0 Å². The van der Waals surface area contributed by atoms with Gasteiger partial charge in [0.1, 0.15) is 5.82 Å². The Balaban J connectivity index is 2.15. The molecule has 4 heteroatoms. The van der Waals surface area contributed by atoms with Crippen molar-refractivity contribution in [2.75, 3.05) is 24.5 Å². The number of anilines is 1. The van der Waals surface area contributed by atoms with Gasteiger partial charge >= 0.3 is 0 Å². The van der Waals surface area contributed by atoms with E-state index in [1.807, 2.05) is 0 Å². The first-order valence-corrected chi connectivity index (χ1v) is 7.88. The first-order valence-electron chi connectivity index (χ1n) is 7.88. The quantitative estimate of drug-likeness (QED) is 0.898. The van der Waals surface area contributed by atoms with Crippen molar-refractivity contribution in [3.8, 4) is 0 Å².